The molecule has 1 aliphatic rings. The highest BCUT2D eigenvalue weighted by Gasteiger charge is 2.27. The van der Waals surface area contributed by atoms with Gasteiger partial charge in [-0.05, 0) is 37.1 Å². The zero-order valence-corrected chi connectivity index (χ0v) is 13.9. The van der Waals surface area contributed by atoms with Gasteiger partial charge in [0.25, 0.3) is 0 Å². The highest BCUT2D eigenvalue weighted by atomic mass is 35.5. The van der Waals surface area contributed by atoms with Gasteiger partial charge in [0.15, 0.2) is 0 Å². The summed E-state index contributed by atoms with van der Waals surface area (Å²) in [6.07, 6.45) is 4.64. The van der Waals surface area contributed by atoms with Gasteiger partial charge in [-0.3, -0.25) is 4.79 Å². The third kappa shape index (κ3) is 3.88. The second-order valence-corrected chi connectivity index (χ2v) is 6.29. The van der Waals surface area contributed by atoms with Gasteiger partial charge in [0.05, 0.1) is 17.9 Å². The number of hydrogen-bond acceptors (Lipinski definition) is 5. The van der Waals surface area contributed by atoms with Crippen molar-refractivity contribution in [3.63, 3.8) is 0 Å². The second kappa shape index (κ2) is 7.68. The summed E-state index contributed by atoms with van der Waals surface area (Å²) in [6.45, 7) is 1.33. The number of pyridine rings is 1. The average molecular weight is 350 g/mol. The molecule has 1 aliphatic heterocycles. The van der Waals surface area contributed by atoms with E-state index in [0.29, 0.717) is 10.8 Å². The van der Waals surface area contributed by atoms with Crippen LogP contribution in [0.5, 0.6) is 0 Å². The van der Waals surface area contributed by atoms with Crippen molar-refractivity contribution in [2.45, 2.75) is 18.9 Å². The molecule has 2 aromatic heterocycles. The first-order valence-corrected chi connectivity index (χ1v) is 8.36. The third-order valence-electron chi connectivity index (χ3n) is 4.29. The molecule has 1 amide bonds. The molecule has 3 heterocycles. The van der Waals surface area contributed by atoms with E-state index in [4.69, 9.17) is 16.0 Å². The van der Waals surface area contributed by atoms with Crippen LogP contribution in [-0.2, 0) is 4.79 Å². The van der Waals surface area contributed by atoms with E-state index in [1.165, 1.54) is 6.26 Å². The number of nitrogens with one attached hydrogen (secondary N) is 1. The van der Waals surface area contributed by atoms with Crippen molar-refractivity contribution >= 4 is 23.3 Å². The van der Waals surface area contributed by atoms with Crippen molar-refractivity contribution in [1.82, 2.24) is 10.3 Å². The minimum atomic E-state index is -0.497. The molecule has 0 aromatic carbocycles. The fraction of sp³-hybridized carbons (Fsp3) is 0.412. The highest BCUT2D eigenvalue weighted by molar-refractivity contribution is 6.30. The van der Waals surface area contributed by atoms with Crippen LogP contribution < -0.4 is 10.2 Å². The summed E-state index contributed by atoms with van der Waals surface area (Å²) < 4.78 is 5.26. The summed E-state index contributed by atoms with van der Waals surface area (Å²) >= 11 is 5.86. The van der Waals surface area contributed by atoms with Crippen LogP contribution >= 0.6 is 11.6 Å². The van der Waals surface area contributed by atoms with Gasteiger partial charge in [-0.25, -0.2) is 4.98 Å². The summed E-state index contributed by atoms with van der Waals surface area (Å²) in [5.41, 5.74) is 0. The van der Waals surface area contributed by atoms with Crippen LogP contribution in [0, 0.1) is 5.92 Å². The fourth-order valence-corrected chi connectivity index (χ4v) is 3.02. The van der Waals surface area contributed by atoms with Gasteiger partial charge in [-0.15, -0.1) is 0 Å². The Morgan fingerprint density at radius 3 is 2.79 bits per heavy atom. The van der Waals surface area contributed by atoms with E-state index < -0.39 is 6.04 Å². The lowest BCUT2D eigenvalue weighted by Gasteiger charge is -2.32. The molecular formula is C17H20ClN3O3. The quantitative estimate of drug-likeness (QED) is 0.866. The third-order valence-corrected chi connectivity index (χ3v) is 4.51. The zero-order chi connectivity index (χ0) is 16.9. The lowest BCUT2D eigenvalue weighted by atomic mass is 9.95. The molecule has 7 heteroatoms. The maximum absolute atomic E-state index is 12.4. The molecule has 6 nitrogen and oxygen atoms in total. The Balaban J connectivity index is 1.54. The van der Waals surface area contributed by atoms with Crippen molar-refractivity contribution in [1.29, 1.82) is 0 Å². The Morgan fingerprint density at radius 2 is 2.21 bits per heavy atom. The molecule has 0 radical (unpaired) electrons. The number of aliphatic hydroxyl groups is 1. The van der Waals surface area contributed by atoms with Crippen LogP contribution in [0.2, 0.25) is 5.02 Å². The Hall–Kier alpha value is -2.05. The Kier molecular flexibility index (Phi) is 5.37. The van der Waals surface area contributed by atoms with E-state index >= 15 is 0 Å². The predicted octanol–water partition coefficient (Wildman–Crippen LogP) is 2.39. The SMILES string of the molecule is O=C(NC(CO)c1ccco1)C1CCN(c2ccc(Cl)cn2)CC1. The normalized spacial score (nSPS) is 16.8. The number of carbonyl (C=O) groups is 1. The summed E-state index contributed by atoms with van der Waals surface area (Å²) in [5, 5.41) is 12.9. The van der Waals surface area contributed by atoms with Crippen molar-refractivity contribution in [2.24, 2.45) is 5.92 Å². The number of anilines is 1. The van der Waals surface area contributed by atoms with Crippen LogP contribution in [-0.4, -0.2) is 35.7 Å². The molecular weight excluding hydrogens is 330 g/mol. The van der Waals surface area contributed by atoms with Crippen LogP contribution in [0.25, 0.3) is 0 Å². The van der Waals surface area contributed by atoms with Crippen LogP contribution in [0.1, 0.15) is 24.6 Å². The zero-order valence-electron chi connectivity index (χ0n) is 13.2. The highest BCUT2D eigenvalue weighted by Crippen LogP contribution is 2.24. The number of rotatable bonds is 5. The van der Waals surface area contributed by atoms with Crippen molar-refractivity contribution in [2.75, 3.05) is 24.6 Å². The van der Waals surface area contributed by atoms with E-state index in [0.717, 1.165) is 31.7 Å². The maximum atomic E-state index is 12.4. The molecule has 128 valence electrons. The van der Waals surface area contributed by atoms with E-state index in [-0.39, 0.29) is 18.4 Å². The van der Waals surface area contributed by atoms with Gasteiger partial charge < -0.3 is 19.7 Å². The minimum absolute atomic E-state index is 0.0471. The van der Waals surface area contributed by atoms with Crippen LogP contribution in [0.15, 0.2) is 41.1 Å². The average Bonchev–Trinajstić information content (AvgIpc) is 3.15. The van der Waals surface area contributed by atoms with E-state index in [1.807, 2.05) is 12.1 Å². The molecule has 1 atom stereocenters. The number of amides is 1. The molecule has 1 fully saturated rings. The summed E-state index contributed by atoms with van der Waals surface area (Å²) in [6, 6.07) is 6.69. The smallest absolute Gasteiger partial charge is 0.223 e. The lowest BCUT2D eigenvalue weighted by Crippen LogP contribution is -2.42. The van der Waals surface area contributed by atoms with Crippen molar-refractivity contribution in [3.05, 3.63) is 47.5 Å². The number of aromatic nitrogens is 1. The van der Waals surface area contributed by atoms with Gasteiger partial charge in [-0.2, -0.15) is 0 Å². The second-order valence-electron chi connectivity index (χ2n) is 5.86. The van der Waals surface area contributed by atoms with Crippen LogP contribution in [0.4, 0.5) is 5.82 Å². The van der Waals surface area contributed by atoms with Gasteiger partial charge in [0.2, 0.25) is 5.91 Å². The maximum Gasteiger partial charge on any atom is 0.223 e. The molecule has 2 aromatic rings. The molecule has 0 spiro atoms. The monoisotopic (exact) mass is 349 g/mol. The number of carbonyl (C=O) groups excluding carboxylic acids is 1. The van der Waals surface area contributed by atoms with Gasteiger partial charge >= 0.3 is 0 Å². The molecule has 1 unspecified atom stereocenters. The van der Waals surface area contributed by atoms with E-state index in [9.17, 15) is 9.90 Å². The molecule has 24 heavy (non-hydrogen) atoms. The first-order valence-electron chi connectivity index (χ1n) is 7.98. The Labute approximate surface area is 145 Å². The van der Waals surface area contributed by atoms with Crippen LogP contribution in [0.3, 0.4) is 0 Å². The minimum Gasteiger partial charge on any atom is -0.467 e. The summed E-state index contributed by atoms with van der Waals surface area (Å²) in [4.78, 5) is 18.9. The molecule has 1 saturated heterocycles. The number of furan rings is 1. The topological polar surface area (TPSA) is 78.6 Å². The van der Waals surface area contributed by atoms with Gasteiger partial charge in [0.1, 0.15) is 17.6 Å². The van der Waals surface area contributed by atoms with E-state index in [2.05, 4.69) is 15.2 Å². The number of aliphatic hydroxyl groups excluding tert-OH is 1. The molecule has 0 saturated carbocycles. The molecule has 0 aliphatic carbocycles. The van der Waals surface area contributed by atoms with Crippen molar-refractivity contribution < 1.29 is 14.3 Å². The summed E-state index contributed by atoms with van der Waals surface area (Å²) in [5.74, 6) is 1.32. The van der Waals surface area contributed by atoms with Gasteiger partial charge in [0, 0.05) is 25.2 Å². The Bertz CT molecular complexity index is 652. The number of hydrogen-bond donors (Lipinski definition) is 2. The van der Waals surface area contributed by atoms with Gasteiger partial charge in [-0.1, -0.05) is 11.6 Å². The molecule has 0 bridgehead atoms. The largest absolute Gasteiger partial charge is 0.467 e. The number of nitrogens with zero attached hydrogens (tertiary/aromatic N) is 2. The standard InChI is InChI=1S/C17H20ClN3O3/c18-13-3-4-16(19-10-13)21-7-5-12(6-8-21)17(23)20-14(11-22)15-2-1-9-24-15/h1-4,9-10,12,14,22H,5-8,11H2,(H,20,23). The van der Waals surface area contributed by atoms with Crippen molar-refractivity contribution in [3.8, 4) is 0 Å². The first-order chi connectivity index (χ1) is 11.7. The summed E-state index contributed by atoms with van der Waals surface area (Å²) in [7, 11) is 0. The lowest BCUT2D eigenvalue weighted by molar-refractivity contribution is -0.126. The van der Waals surface area contributed by atoms with E-state index in [1.54, 1.807) is 18.3 Å². The number of piperidine rings is 1. The molecule has 2 N–H and O–H groups in total. The molecule has 3 rings (SSSR count). The Morgan fingerprint density at radius 1 is 1.42 bits per heavy atom. The number of halogens is 1. The first kappa shape index (κ1) is 16.8. The fourth-order valence-electron chi connectivity index (χ4n) is 2.91. The predicted molar refractivity (Wildman–Crippen MR) is 90.9 cm³/mol.